The molecule has 0 radical (unpaired) electrons. The Morgan fingerprint density at radius 2 is 1.47 bits per heavy atom. The molecule has 3 aromatic rings. The van der Waals surface area contributed by atoms with Crippen molar-refractivity contribution in [3.63, 3.8) is 0 Å². The maximum absolute atomic E-state index is 12.3. The summed E-state index contributed by atoms with van der Waals surface area (Å²) in [5, 5.41) is 2.79. The lowest BCUT2D eigenvalue weighted by atomic mass is 10.1. The third-order valence-corrected chi connectivity index (χ3v) is 4.69. The first-order valence-electron chi connectivity index (χ1n) is 10.1. The summed E-state index contributed by atoms with van der Waals surface area (Å²) in [6.07, 6.45) is 0. The average molecular weight is 431 g/mol. The maximum atomic E-state index is 12.3. The number of amides is 3. The summed E-state index contributed by atoms with van der Waals surface area (Å²) < 4.78 is 5.48. The lowest BCUT2D eigenvalue weighted by Gasteiger charge is -2.11. The van der Waals surface area contributed by atoms with Crippen LogP contribution in [0, 0.1) is 20.8 Å². The van der Waals surface area contributed by atoms with E-state index < -0.39 is 11.8 Å². The van der Waals surface area contributed by atoms with Crippen molar-refractivity contribution < 1.29 is 19.1 Å². The fraction of sp³-hybridized carbons (Fsp3) is 0.160. The van der Waals surface area contributed by atoms with Gasteiger partial charge in [0.2, 0.25) is 0 Å². The highest BCUT2D eigenvalue weighted by atomic mass is 16.5. The second-order valence-corrected chi connectivity index (χ2v) is 7.46. The Morgan fingerprint density at radius 1 is 0.750 bits per heavy atom. The monoisotopic (exact) mass is 431 g/mol. The third kappa shape index (κ3) is 6.18. The molecule has 3 N–H and O–H groups in total. The van der Waals surface area contributed by atoms with E-state index in [4.69, 9.17) is 4.74 Å². The van der Waals surface area contributed by atoms with Gasteiger partial charge in [-0.05, 0) is 68.8 Å². The van der Waals surface area contributed by atoms with Crippen molar-refractivity contribution in [2.75, 3.05) is 11.9 Å². The fourth-order valence-corrected chi connectivity index (χ4v) is 3.03. The molecule has 0 aliphatic heterocycles. The van der Waals surface area contributed by atoms with Gasteiger partial charge in [-0.1, -0.05) is 35.4 Å². The van der Waals surface area contributed by atoms with Crippen LogP contribution in [-0.4, -0.2) is 24.3 Å². The Labute approximate surface area is 186 Å². The Bertz CT molecular complexity index is 1140. The largest absolute Gasteiger partial charge is 0.483 e. The van der Waals surface area contributed by atoms with Crippen molar-refractivity contribution in [1.82, 2.24) is 10.9 Å². The lowest BCUT2D eigenvalue weighted by Crippen LogP contribution is -2.43. The van der Waals surface area contributed by atoms with Gasteiger partial charge in [0.15, 0.2) is 6.61 Å². The molecule has 0 aliphatic rings. The van der Waals surface area contributed by atoms with Crippen LogP contribution in [0.1, 0.15) is 37.4 Å². The van der Waals surface area contributed by atoms with E-state index in [0.717, 1.165) is 16.7 Å². The number of hydrogen-bond donors (Lipinski definition) is 3. The Balaban J connectivity index is 1.47. The number of carbonyl (C=O) groups excluding carboxylic acids is 3. The molecule has 0 aromatic heterocycles. The minimum Gasteiger partial charge on any atom is -0.483 e. The number of aryl methyl sites for hydroxylation is 3. The summed E-state index contributed by atoms with van der Waals surface area (Å²) in [5.74, 6) is -0.593. The average Bonchev–Trinajstić information content (AvgIpc) is 2.77. The van der Waals surface area contributed by atoms with Crippen molar-refractivity contribution in [1.29, 1.82) is 0 Å². The third-order valence-electron chi connectivity index (χ3n) is 4.69. The first-order valence-corrected chi connectivity index (χ1v) is 10.1. The molecule has 0 atom stereocenters. The van der Waals surface area contributed by atoms with Crippen LogP contribution in [-0.2, 0) is 4.79 Å². The predicted octanol–water partition coefficient (Wildman–Crippen LogP) is 3.70. The molecule has 0 aliphatic carbocycles. The Hall–Kier alpha value is -4.13. The molecule has 7 heteroatoms. The van der Waals surface area contributed by atoms with E-state index >= 15 is 0 Å². The molecule has 0 saturated carbocycles. The van der Waals surface area contributed by atoms with Gasteiger partial charge in [-0.15, -0.1) is 0 Å². The molecule has 0 unspecified atom stereocenters. The lowest BCUT2D eigenvalue weighted by molar-refractivity contribution is -0.123. The molecule has 0 spiro atoms. The van der Waals surface area contributed by atoms with Gasteiger partial charge in [0, 0.05) is 16.8 Å². The summed E-state index contributed by atoms with van der Waals surface area (Å²) in [6.45, 7) is 5.56. The molecule has 0 bridgehead atoms. The minimum absolute atomic E-state index is 0.228. The van der Waals surface area contributed by atoms with E-state index in [1.165, 1.54) is 0 Å². The molecular formula is C25H25N3O4. The van der Waals surface area contributed by atoms with Crippen molar-refractivity contribution in [3.05, 3.63) is 94.5 Å². The highest BCUT2D eigenvalue weighted by Gasteiger charge is 2.10. The quantitative estimate of drug-likeness (QED) is 0.519. The number of benzene rings is 3. The summed E-state index contributed by atoms with van der Waals surface area (Å²) in [6, 6.07) is 19.3. The van der Waals surface area contributed by atoms with Crippen molar-refractivity contribution in [2.24, 2.45) is 0 Å². The summed E-state index contributed by atoms with van der Waals surface area (Å²) in [5.41, 5.74) is 9.13. The minimum atomic E-state index is -0.486. The van der Waals surface area contributed by atoms with Crippen LogP contribution in [0.15, 0.2) is 66.7 Å². The van der Waals surface area contributed by atoms with Gasteiger partial charge in [-0.25, -0.2) is 0 Å². The van der Waals surface area contributed by atoms with Gasteiger partial charge in [-0.3, -0.25) is 25.2 Å². The van der Waals surface area contributed by atoms with Crippen LogP contribution in [0.25, 0.3) is 0 Å². The van der Waals surface area contributed by atoms with Gasteiger partial charge >= 0.3 is 0 Å². The zero-order valence-electron chi connectivity index (χ0n) is 18.2. The van der Waals surface area contributed by atoms with Gasteiger partial charge in [0.1, 0.15) is 5.75 Å². The van der Waals surface area contributed by atoms with E-state index in [-0.39, 0.29) is 12.5 Å². The number of ether oxygens (including phenoxy) is 1. The van der Waals surface area contributed by atoms with Crippen LogP contribution in [0.3, 0.4) is 0 Å². The SMILES string of the molecule is Cc1cccc(C(=O)Nc2ccc(C(=O)NNC(=O)COc3ccc(C)cc3C)cc2)c1. The van der Waals surface area contributed by atoms with Crippen LogP contribution in [0.4, 0.5) is 5.69 Å². The first kappa shape index (κ1) is 22.6. The molecule has 3 amide bonds. The van der Waals surface area contributed by atoms with Crippen LogP contribution >= 0.6 is 0 Å². The molecular weight excluding hydrogens is 406 g/mol. The van der Waals surface area contributed by atoms with E-state index in [0.29, 0.717) is 22.6 Å². The van der Waals surface area contributed by atoms with E-state index in [1.807, 2.05) is 45.0 Å². The topological polar surface area (TPSA) is 96.5 Å². The molecule has 0 heterocycles. The summed E-state index contributed by atoms with van der Waals surface area (Å²) in [4.78, 5) is 36.5. The molecule has 3 rings (SSSR count). The van der Waals surface area contributed by atoms with Crippen molar-refractivity contribution >= 4 is 23.4 Å². The second-order valence-electron chi connectivity index (χ2n) is 7.46. The van der Waals surface area contributed by atoms with Crippen molar-refractivity contribution in [2.45, 2.75) is 20.8 Å². The number of carbonyl (C=O) groups is 3. The molecule has 32 heavy (non-hydrogen) atoms. The zero-order valence-corrected chi connectivity index (χ0v) is 18.2. The van der Waals surface area contributed by atoms with Gasteiger partial charge in [0.05, 0.1) is 0 Å². The van der Waals surface area contributed by atoms with Crippen molar-refractivity contribution in [3.8, 4) is 5.75 Å². The molecule has 0 saturated heterocycles. The Morgan fingerprint density at radius 3 is 2.16 bits per heavy atom. The van der Waals surface area contributed by atoms with E-state index in [1.54, 1.807) is 42.5 Å². The standard InChI is InChI=1S/C25H25N3O4/c1-16-5-4-6-20(14-16)24(30)26-21-10-8-19(9-11-21)25(31)28-27-23(29)15-32-22-12-7-17(2)13-18(22)3/h4-14H,15H2,1-3H3,(H,26,30)(H,27,29)(H,28,31). The maximum Gasteiger partial charge on any atom is 0.276 e. The number of rotatable bonds is 6. The fourth-order valence-electron chi connectivity index (χ4n) is 3.03. The number of hydrazine groups is 1. The molecule has 0 fully saturated rings. The van der Waals surface area contributed by atoms with Gasteiger partial charge in [0.25, 0.3) is 17.7 Å². The van der Waals surface area contributed by atoms with E-state index in [9.17, 15) is 14.4 Å². The molecule has 7 nitrogen and oxygen atoms in total. The van der Waals surface area contributed by atoms with Crippen LogP contribution in [0.5, 0.6) is 5.75 Å². The van der Waals surface area contributed by atoms with E-state index in [2.05, 4.69) is 16.2 Å². The zero-order chi connectivity index (χ0) is 23.1. The summed E-state index contributed by atoms with van der Waals surface area (Å²) in [7, 11) is 0. The number of nitrogens with one attached hydrogen (secondary N) is 3. The van der Waals surface area contributed by atoms with Crippen LogP contribution < -0.4 is 20.9 Å². The molecule has 164 valence electrons. The van der Waals surface area contributed by atoms with Crippen LogP contribution in [0.2, 0.25) is 0 Å². The first-order chi connectivity index (χ1) is 15.3. The number of anilines is 1. The van der Waals surface area contributed by atoms with Gasteiger partial charge in [-0.2, -0.15) is 0 Å². The van der Waals surface area contributed by atoms with Gasteiger partial charge < -0.3 is 10.1 Å². The Kier molecular flexibility index (Phi) is 7.23. The smallest absolute Gasteiger partial charge is 0.276 e. The predicted molar refractivity (Wildman–Crippen MR) is 123 cm³/mol. The second kappa shape index (κ2) is 10.3. The molecule has 3 aromatic carbocycles. The highest BCUT2D eigenvalue weighted by Crippen LogP contribution is 2.18. The number of hydrogen-bond acceptors (Lipinski definition) is 4. The normalized spacial score (nSPS) is 10.2. The highest BCUT2D eigenvalue weighted by molar-refractivity contribution is 6.04. The summed E-state index contributed by atoms with van der Waals surface area (Å²) >= 11 is 0.